The third kappa shape index (κ3) is 2.12. The number of likely N-dealkylation sites (N-methyl/N-ethyl adjacent to an activating group) is 1. The number of ether oxygens (including phenoxy) is 3. The maximum Gasteiger partial charge on any atom is 0.228 e. The molecule has 2 bridgehead atoms. The molecule has 0 aromatic heterocycles. The van der Waals surface area contributed by atoms with Gasteiger partial charge in [-0.15, -0.1) is 0 Å². The Labute approximate surface area is 180 Å². The highest BCUT2D eigenvalue weighted by Crippen LogP contribution is 2.55. The molecule has 1 aliphatic carbocycles. The van der Waals surface area contributed by atoms with Crippen molar-refractivity contribution in [3.63, 3.8) is 0 Å². The fourth-order valence-corrected chi connectivity index (χ4v) is 7.32. The zero-order valence-corrected chi connectivity index (χ0v) is 18.1. The van der Waals surface area contributed by atoms with E-state index in [4.69, 9.17) is 14.2 Å². The van der Waals surface area contributed by atoms with Crippen molar-refractivity contribution in [1.29, 1.82) is 5.26 Å². The van der Waals surface area contributed by atoms with Crippen molar-refractivity contribution >= 4 is 11.6 Å². The maximum absolute atomic E-state index is 13.7. The van der Waals surface area contributed by atoms with Crippen LogP contribution in [0, 0.1) is 17.2 Å². The zero-order valence-electron chi connectivity index (χ0n) is 18.1. The van der Waals surface area contributed by atoms with Gasteiger partial charge in [-0.3, -0.25) is 24.3 Å². The van der Waals surface area contributed by atoms with Crippen LogP contribution in [0.15, 0.2) is 22.5 Å². The number of Topliss-reactive ketones (excluding diaryl/α,β-unsaturated/α-hetero) is 2. The van der Waals surface area contributed by atoms with Gasteiger partial charge in [0.15, 0.2) is 11.5 Å². The van der Waals surface area contributed by atoms with Crippen LogP contribution in [0.4, 0.5) is 0 Å². The lowest BCUT2D eigenvalue weighted by Crippen LogP contribution is -2.77. The van der Waals surface area contributed by atoms with Crippen LogP contribution < -0.4 is 0 Å². The van der Waals surface area contributed by atoms with Gasteiger partial charge in [0.2, 0.25) is 5.78 Å². The minimum atomic E-state index is -0.756. The number of carbonyl (C=O) groups is 2. The highest BCUT2D eigenvalue weighted by molar-refractivity contribution is 6.25. The fraction of sp³-hybridized carbons (Fsp3) is 0.682. The van der Waals surface area contributed by atoms with Crippen LogP contribution in [-0.2, 0) is 23.8 Å². The minimum Gasteiger partial charge on any atom is -0.492 e. The third-order valence-electron chi connectivity index (χ3n) is 8.38. The molecular formula is C22H26N4O5. The van der Waals surface area contributed by atoms with Crippen LogP contribution >= 0.6 is 0 Å². The van der Waals surface area contributed by atoms with Crippen LogP contribution in [-0.4, -0.2) is 103 Å². The molecule has 164 valence electrons. The van der Waals surface area contributed by atoms with E-state index in [0.717, 1.165) is 6.42 Å². The zero-order chi connectivity index (χ0) is 21.8. The molecule has 5 heterocycles. The first-order chi connectivity index (χ1) is 15.0. The summed E-state index contributed by atoms with van der Waals surface area (Å²) in [5.74, 6) is -0.169. The van der Waals surface area contributed by atoms with E-state index in [9.17, 15) is 14.9 Å². The Kier molecular flexibility index (Phi) is 4.08. The standard InChI is InChI=1S/C22H26N4O5/c1-9-18(27)13-14(19(28)20(9)29-3)22(30-4)26-12(8-23)11-7-10-15(24(11)2)17(26)16(13)25-5-6-31-21(10)25/h10-12,15-17,21-22H,5-7H2,1-4H3/t10-,11-,12-,15+,16+,17+,21+,22-/m1/s1. The highest BCUT2D eigenvalue weighted by Gasteiger charge is 2.69. The van der Waals surface area contributed by atoms with Crippen LogP contribution in [0.5, 0.6) is 0 Å². The van der Waals surface area contributed by atoms with Crippen LogP contribution in [0.1, 0.15) is 13.3 Å². The lowest BCUT2D eigenvalue weighted by molar-refractivity contribution is -0.171. The molecule has 6 rings (SSSR count). The average Bonchev–Trinajstić information content (AvgIpc) is 3.34. The van der Waals surface area contributed by atoms with Crippen molar-refractivity contribution in [3.05, 3.63) is 22.5 Å². The molecular weight excluding hydrogens is 400 g/mol. The average molecular weight is 426 g/mol. The summed E-state index contributed by atoms with van der Waals surface area (Å²) in [5, 5.41) is 10.2. The molecule has 5 aliphatic heterocycles. The monoisotopic (exact) mass is 426 g/mol. The lowest BCUT2D eigenvalue weighted by atomic mass is 9.71. The Morgan fingerprint density at radius 3 is 2.61 bits per heavy atom. The molecule has 0 aromatic rings. The SMILES string of the molecule is COC1=C(C)C(=O)C2=C(C1=O)[C@@H](OC)N1[C@H]3[C@@H]4[C@@H](C[C@H]([C@H]1C#N)N4C)[C@@H]1OCCN1[C@@H]23. The smallest absolute Gasteiger partial charge is 0.228 e. The summed E-state index contributed by atoms with van der Waals surface area (Å²) < 4.78 is 17.4. The molecule has 0 unspecified atom stereocenters. The second-order valence-electron chi connectivity index (χ2n) is 9.31. The summed E-state index contributed by atoms with van der Waals surface area (Å²) in [6.07, 6.45) is -0.0147. The van der Waals surface area contributed by atoms with Gasteiger partial charge in [0.25, 0.3) is 0 Å². The van der Waals surface area contributed by atoms with Crippen molar-refractivity contribution in [3.8, 4) is 6.07 Å². The first-order valence-corrected chi connectivity index (χ1v) is 10.8. The number of allylic oxidation sites excluding steroid dienone is 2. The number of nitriles is 1. The van der Waals surface area contributed by atoms with Crippen molar-refractivity contribution < 1.29 is 23.8 Å². The van der Waals surface area contributed by atoms with Gasteiger partial charge in [-0.05, 0) is 20.4 Å². The van der Waals surface area contributed by atoms with E-state index in [1.807, 2.05) is 0 Å². The van der Waals surface area contributed by atoms with Crippen molar-refractivity contribution in [2.24, 2.45) is 5.92 Å². The number of fused-ring (bicyclic) bond motifs is 5. The molecule has 0 spiro atoms. The van der Waals surface area contributed by atoms with Gasteiger partial charge in [0, 0.05) is 48.8 Å². The van der Waals surface area contributed by atoms with Crippen LogP contribution in [0.3, 0.4) is 0 Å². The summed E-state index contributed by atoms with van der Waals surface area (Å²) in [7, 11) is 5.03. The maximum atomic E-state index is 13.7. The Balaban J connectivity index is 1.63. The van der Waals surface area contributed by atoms with E-state index < -0.39 is 12.3 Å². The Morgan fingerprint density at radius 2 is 1.94 bits per heavy atom. The van der Waals surface area contributed by atoms with Gasteiger partial charge in [-0.1, -0.05) is 0 Å². The summed E-state index contributed by atoms with van der Waals surface area (Å²) in [6.45, 7) is 2.95. The van der Waals surface area contributed by atoms with Gasteiger partial charge >= 0.3 is 0 Å². The summed E-state index contributed by atoms with van der Waals surface area (Å²) in [4.78, 5) is 33.8. The van der Waals surface area contributed by atoms with Gasteiger partial charge in [-0.25, -0.2) is 0 Å². The first-order valence-electron chi connectivity index (χ1n) is 10.8. The molecule has 9 heteroatoms. The van der Waals surface area contributed by atoms with E-state index in [2.05, 4.69) is 27.8 Å². The third-order valence-corrected chi connectivity index (χ3v) is 8.38. The second-order valence-corrected chi connectivity index (χ2v) is 9.31. The minimum absolute atomic E-state index is 0.0226. The fourth-order valence-electron chi connectivity index (χ4n) is 7.32. The predicted molar refractivity (Wildman–Crippen MR) is 106 cm³/mol. The number of carbonyl (C=O) groups excluding carboxylic acids is 2. The van der Waals surface area contributed by atoms with E-state index in [1.165, 1.54) is 7.11 Å². The molecule has 0 saturated carbocycles. The Bertz CT molecular complexity index is 998. The van der Waals surface area contributed by atoms with Gasteiger partial charge in [-0.2, -0.15) is 5.26 Å². The number of nitrogens with zero attached hydrogens (tertiary/aromatic N) is 4. The van der Waals surface area contributed by atoms with Crippen molar-refractivity contribution in [2.45, 2.75) is 56.0 Å². The molecule has 9 nitrogen and oxygen atoms in total. The lowest BCUT2D eigenvalue weighted by Gasteiger charge is -2.61. The van der Waals surface area contributed by atoms with Crippen molar-refractivity contribution in [1.82, 2.24) is 14.7 Å². The molecule has 0 amide bonds. The molecule has 4 fully saturated rings. The topological polar surface area (TPSA) is 95.3 Å². The Morgan fingerprint density at radius 1 is 1.16 bits per heavy atom. The molecule has 4 saturated heterocycles. The van der Waals surface area contributed by atoms with Crippen LogP contribution in [0.25, 0.3) is 0 Å². The van der Waals surface area contributed by atoms with E-state index in [1.54, 1.807) is 14.0 Å². The molecule has 0 radical (unpaired) electrons. The first kappa shape index (κ1) is 19.6. The van der Waals surface area contributed by atoms with Gasteiger partial charge in [0.1, 0.15) is 18.5 Å². The van der Waals surface area contributed by atoms with Gasteiger partial charge < -0.3 is 14.2 Å². The van der Waals surface area contributed by atoms with E-state index in [0.29, 0.717) is 29.9 Å². The Hall–Kier alpha value is -2.09. The van der Waals surface area contributed by atoms with E-state index >= 15 is 0 Å². The normalized spacial score (nSPS) is 44.5. The van der Waals surface area contributed by atoms with Crippen molar-refractivity contribution in [2.75, 3.05) is 34.4 Å². The molecule has 0 N–H and O–H groups in total. The summed E-state index contributed by atoms with van der Waals surface area (Å²) in [5.41, 5.74) is 1.16. The second kappa shape index (κ2) is 6.47. The summed E-state index contributed by atoms with van der Waals surface area (Å²) >= 11 is 0. The summed E-state index contributed by atoms with van der Waals surface area (Å²) in [6, 6.07) is 1.75. The number of hydrogen-bond donors (Lipinski definition) is 0. The highest BCUT2D eigenvalue weighted by atomic mass is 16.5. The number of rotatable bonds is 2. The molecule has 31 heavy (non-hydrogen) atoms. The van der Waals surface area contributed by atoms with E-state index in [-0.39, 0.29) is 53.6 Å². The van der Waals surface area contributed by atoms with Crippen LogP contribution in [0.2, 0.25) is 0 Å². The number of ketones is 2. The number of methoxy groups -OCH3 is 2. The number of hydrogen-bond acceptors (Lipinski definition) is 9. The number of piperidine rings is 1. The quantitative estimate of drug-likeness (QED) is 0.549. The molecule has 8 atom stereocenters. The van der Waals surface area contributed by atoms with Gasteiger partial charge in [0.05, 0.1) is 31.4 Å². The number of piperazine rings is 1. The molecule has 6 aliphatic rings. The molecule has 0 aromatic carbocycles. The largest absolute Gasteiger partial charge is 0.492 e. The predicted octanol–water partition coefficient (Wildman–Crippen LogP) is -0.353.